The number of benzene rings is 1. The molecule has 27 heavy (non-hydrogen) atoms. The van der Waals surface area contributed by atoms with Crippen molar-refractivity contribution in [3.05, 3.63) is 42.2 Å². The molecule has 0 N–H and O–H groups in total. The Morgan fingerprint density at radius 3 is 2.74 bits per heavy atom. The molecule has 3 heterocycles. The standard InChI is InChI=1S/C22H30N4O/c1-24-10-11-26(22(27)17-25-8-4-5-9-25)16-18(15-24)12-20-14-23-13-19-6-2-3-7-21(19)20/h2-3,6-7,13-14,18H,4-5,8-12,15-17H2,1H3/t18-/m0/s1. The summed E-state index contributed by atoms with van der Waals surface area (Å²) in [5.41, 5.74) is 1.29. The Hall–Kier alpha value is -1.98. The molecule has 2 aliphatic rings. The molecule has 0 aliphatic carbocycles. The van der Waals surface area contributed by atoms with Crippen LogP contribution in [0.25, 0.3) is 10.8 Å². The molecular weight excluding hydrogens is 336 g/mol. The zero-order chi connectivity index (χ0) is 18.6. The first-order valence-corrected chi connectivity index (χ1v) is 10.2. The summed E-state index contributed by atoms with van der Waals surface area (Å²) in [6, 6.07) is 8.46. The van der Waals surface area contributed by atoms with Gasteiger partial charge in [0.25, 0.3) is 0 Å². The van der Waals surface area contributed by atoms with Gasteiger partial charge in [-0.1, -0.05) is 24.3 Å². The molecule has 2 saturated heterocycles. The summed E-state index contributed by atoms with van der Waals surface area (Å²) in [7, 11) is 2.17. The van der Waals surface area contributed by atoms with Crippen molar-refractivity contribution in [2.24, 2.45) is 5.92 Å². The van der Waals surface area contributed by atoms with Crippen molar-refractivity contribution >= 4 is 16.7 Å². The lowest BCUT2D eigenvalue weighted by molar-refractivity contribution is -0.132. The van der Waals surface area contributed by atoms with Crippen molar-refractivity contribution in [1.29, 1.82) is 0 Å². The van der Waals surface area contributed by atoms with E-state index >= 15 is 0 Å². The summed E-state index contributed by atoms with van der Waals surface area (Å²) in [5, 5.41) is 2.48. The van der Waals surface area contributed by atoms with E-state index in [0.717, 1.165) is 45.7 Å². The monoisotopic (exact) mass is 366 g/mol. The second-order valence-corrected chi connectivity index (χ2v) is 8.18. The van der Waals surface area contributed by atoms with Gasteiger partial charge in [0.15, 0.2) is 0 Å². The van der Waals surface area contributed by atoms with E-state index in [4.69, 9.17) is 0 Å². The number of rotatable bonds is 4. The number of aromatic nitrogens is 1. The zero-order valence-corrected chi connectivity index (χ0v) is 16.3. The molecule has 0 unspecified atom stereocenters. The van der Waals surface area contributed by atoms with Crippen molar-refractivity contribution in [3.8, 4) is 0 Å². The highest BCUT2D eigenvalue weighted by Crippen LogP contribution is 2.22. The number of carbonyl (C=O) groups is 1. The lowest BCUT2D eigenvalue weighted by Gasteiger charge is -2.26. The third-order valence-electron chi connectivity index (χ3n) is 5.97. The van der Waals surface area contributed by atoms with Gasteiger partial charge in [0.1, 0.15) is 0 Å². The van der Waals surface area contributed by atoms with E-state index < -0.39 is 0 Å². The smallest absolute Gasteiger partial charge is 0.236 e. The fourth-order valence-electron chi connectivity index (χ4n) is 4.52. The van der Waals surface area contributed by atoms with Crippen LogP contribution in [0.15, 0.2) is 36.7 Å². The SMILES string of the molecule is CN1CCN(C(=O)CN2CCCC2)C[C@@H](Cc2cncc3ccccc23)C1. The molecule has 1 amide bonds. The minimum atomic E-state index is 0.299. The Kier molecular flexibility index (Phi) is 5.69. The first-order chi connectivity index (χ1) is 13.2. The minimum Gasteiger partial charge on any atom is -0.340 e. The van der Waals surface area contributed by atoms with Gasteiger partial charge in [-0.3, -0.25) is 14.7 Å². The topological polar surface area (TPSA) is 39.7 Å². The maximum Gasteiger partial charge on any atom is 0.236 e. The van der Waals surface area contributed by atoms with Crippen LogP contribution >= 0.6 is 0 Å². The molecule has 144 valence electrons. The molecule has 0 spiro atoms. The number of likely N-dealkylation sites (tertiary alicyclic amines) is 1. The van der Waals surface area contributed by atoms with Crippen molar-refractivity contribution in [1.82, 2.24) is 19.7 Å². The molecule has 1 aromatic carbocycles. The molecule has 1 aromatic heterocycles. The lowest BCUT2D eigenvalue weighted by atomic mass is 9.96. The minimum absolute atomic E-state index is 0.299. The average molecular weight is 367 g/mol. The lowest BCUT2D eigenvalue weighted by Crippen LogP contribution is -2.42. The summed E-state index contributed by atoms with van der Waals surface area (Å²) in [6.45, 7) is 6.40. The van der Waals surface area contributed by atoms with Gasteiger partial charge in [-0.05, 0) is 56.3 Å². The van der Waals surface area contributed by atoms with E-state index in [1.807, 2.05) is 12.4 Å². The quantitative estimate of drug-likeness (QED) is 0.832. The molecule has 0 saturated carbocycles. The molecule has 4 rings (SSSR count). The molecule has 1 atom stereocenters. The first kappa shape index (κ1) is 18.4. The maximum absolute atomic E-state index is 12.9. The summed E-state index contributed by atoms with van der Waals surface area (Å²) < 4.78 is 0. The summed E-state index contributed by atoms with van der Waals surface area (Å²) >= 11 is 0. The Bertz CT molecular complexity index is 781. The predicted octanol–water partition coefficient (Wildman–Crippen LogP) is 2.26. The van der Waals surface area contributed by atoms with Crippen LogP contribution in [0.1, 0.15) is 18.4 Å². The molecule has 5 nitrogen and oxygen atoms in total. The molecule has 5 heteroatoms. The number of carbonyl (C=O) groups excluding carboxylic acids is 1. The summed E-state index contributed by atoms with van der Waals surface area (Å²) in [4.78, 5) is 24.1. The number of hydrogen-bond acceptors (Lipinski definition) is 4. The van der Waals surface area contributed by atoms with E-state index in [2.05, 4.69) is 51.0 Å². The number of likely N-dealkylation sites (N-methyl/N-ethyl adjacent to an activating group) is 1. The molecule has 0 bridgehead atoms. The van der Waals surface area contributed by atoms with Crippen LogP contribution in [-0.4, -0.2) is 78.5 Å². The van der Waals surface area contributed by atoms with Crippen LogP contribution in [0.2, 0.25) is 0 Å². The van der Waals surface area contributed by atoms with Crippen molar-refractivity contribution < 1.29 is 4.79 Å². The molecule has 2 fully saturated rings. The third kappa shape index (κ3) is 4.47. The van der Waals surface area contributed by atoms with Gasteiger partial charge in [-0.25, -0.2) is 0 Å². The van der Waals surface area contributed by atoms with Gasteiger partial charge < -0.3 is 9.80 Å². The average Bonchev–Trinajstić information content (AvgIpc) is 3.10. The van der Waals surface area contributed by atoms with Crippen LogP contribution in [0.3, 0.4) is 0 Å². The zero-order valence-electron chi connectivity index (χ0n) is 16.3. The molecule has 0 radical (unpaired) electrons. The first-order valence-electron chi connectivity index (χ1n) is 10.2. The second kappa shape index (κ2) is 8.36. The van der Waals surface area contributed by atoms with Crippen LogP contribution < -0.4 is 0 Å². The van der Waals surface area contributed by atoms with E-state index in [0.29, 0.717) is 18.4 Å². The maximum atomic E-state index is 12.9. The summed E-state index contributed by atoms with van der Waals surface area (Å²) in [5.74, 6) is 0.737. The van der Waals surface area contributed by atoms with Gasteiger partial charge in [0.2, 0.25) is 5.91 Å². The van der Waals surface area contributed by atoms with E-state index in [9.17, 15) is 4.79 Å². The van der Waals surface area contributed by atoms with Gasteiger partial charge in [-0.15, -0.1) is 0 Å². The molecular formula is C22H30N4O. The Balaban J connectivity index is 1.48. The summed E-state index contributed by atoms with van der Waals surface area (Å²) in [6.07, 6.45) is 7.36. The van der Waals surface area contributed by atoms with E-state index in [1.165, 1.54) is 29.2 Å². The van der Waals surface area contributed by atoms with E-state index in [-0.39, 0.29) is 0 Å². The third-order valence-corrected chi connectivity index (χ3v) is 5.97. The normalized spacial score (nSPS) is 22.3. The largest absolute Gasteiger partial charge is 0.340 e. The van der Waals surface area contributed by atoms with Crippen LogP contribution in [0, 0.1) is 5.92 Å². The van der Waals surface area contributed by atoms with Gasteiger partial charge in [0.05, 0.1) is 6.54 Å². The van der Waals surface area contributed by atoms with E-state index in [1.54, 1.807) is 0 Å². The fraction of sp³-hybridized carbons (Fsp3) is 0.545. The Morgan fingerprint density at radius 2 is 1.89 bits per heavy atom. The Morgan fingerprint density at radius 1 is 1.07 bits per heavy atom. The number of pyridine rings is 1. The van der Waals surface area contributed by atoms with Crippen molar-refractivity contribution in [2.45, 2.75) is 19.3 Å². The van der Waals surface area contributed by atoms with Crippen LogP contribution in [0.4, 0.5) is 0 Å². The van der Waals surface area contributed by atoms with Crippen LogP contribution in [0.5, 0.6) is 0 Å². The highest BCUT2D eigenvalue weighted by atomic mass is 16.2. The van der Waals surface area contributed by atoms with Crippen LogP contribution in [-0.2, 0) is 11.2 Å². The molecule has 2 aromatic rings. The second-order valence-electron chi connectivity index (χ2n) is 8.18. The number of fused-ring (bicyclic) bond motifs is 1. The number of amides is 1. The van der Waals surface area contributed by atoms with Gasteiger partial charge in [0, 0.05) is 44.0 Å². The fourth-order valence-corrected chi connectivity index (χ4v) is 4.52. The molecule has 2 aliphatic heterocycles. The number of hydrogen-bond donors (Lipinski definition) is 0. The van der Waals surface area contributed by atoms with Gasteiger partial charge in [-0.2, -0.15) is 0 Å². The number of nitrogens with zero attached hydrogens (tertiary/aromatic N) is 4. The predicted molar refractivity (Wildman–Crippen MR) is 109 cm³/mol. The Labute approximate surface area is 162 Å². The highest BCUT2D eigenvalue weighted by molar-refractivity contribution is 5.84. The highest BCUT2D eigenvalue weighted by Gasteiger charge is 2.26. The van der Waals surface area contributed by atoms with Crippen molar-refractivity contribution in [3.63, 3.8) is 0 Å². The van der Waals surface area contributed by atoms with Gasteiger partial charge >= 0.3 is 0 Å². The van der Waals surface area contributed by atoms with Crippen molar-refractivity contribution in [2.75, 3.05) is 52.9 Å².